The molecule has 0 radical (unpaired) electrons. The third-order valence-corrected chi connectivity index (χ3v) is 12.3. The fourth-order valence-electron chi connectivity index (χ4n) is 9.34. The third kappa shape index (κ3) is 7.68. The number of H-pyrrole nitrogens is 2. The van der Waals surface area contributed by atoms with E-state index in [9.17, 15) is 19.2 Å². The van der Waals surface area contributed by atoms with Crippen molar-refractivity contribution in [3.63, 3.8) is 0 Å². The Hall–Kier alpha value is -5.66. The summed E-state index contributed by atoms with van der Waals surface area (Å²) in [5.74, 6) is 1.50. The van der Waals surface area contributed by atoms with Gasteiger partial charge in [-0.3, -0.25) is 9.59 Å². The molecule has 4 aliphatic heterocycles. The fraction of sp³-hybridized carbons (Fsp3) is 0.500. The van der Waals surface area contributed by atoms with E-state index in [0.717, 1.165) is 83.8 Å². The molecule has 306 valence electrons. The second kappa shape index (κ2) is 16.7. The molecule has 1 unspecified atom stereocenters. The Morgan fingerprint density at radius 1 is 0.569 bits per heavy atom. The van der Waals surface area contributed by atoms with Gasteiger partial charge in [-0.25, -0.2) is 19.6 Å². The first kappa shape index (κ1) is 39.2. The molecule has 0 spiro atoms. The van der Waals surface area contributed by atoms with Gasteiger partial charge in [0.15, 0.2) is 0 Å². The summed E-state index contributed by atoms with van der Waals surface area (Å²) in [4.78, 5) is 77.1. The van der Waals surface area contributed by atoms with Crippen LogP contribution in [0.25, 0.3) is 33.6 Å². The maximum Gasteiger partial charge on any atom is 0.318 e. The molecule has 4 aliphatic rings. The van der Waals surface area contributed by atoms with Crippen LogP contribution < -0.4 is 10.6 Å². The molecule has 6 amide bonds. The zero-order valence-corrected chi connectivity index (χ0v) is 34.0. The van der Waals surface area contributed by atoms with Gasteiger partial charge in [-0.15, -0.1) is 0 Å². The van der Waals surface area contributed by atoms with Crippen molar-refractivity contribution in [3.8, 4) is 33.6 Å². The molecule has 2 aromatic carbocycles. The smallest absolute Gasteiger partial charge is 0.318 e. The predicted octanol–water partition coefficient (Wildman–Crippen LogP) is 6.34. The summed E-state index contributed by atoms with van der Waals surface area (Å²) in [6.07, 6.45) is 8.76. The molecule has 0 bridgehead atoms. The largest absolute Gasteiger partial charge is 0.340 e. The molecule has 0 saturated carbocycles. The minimum atomic E-state index is -0.506. The first-order valence-electron chi connectivity index (χ1n) is 21.1. The van der Waals surface area contributed by atoms with E-state index in [1.165, 1.54) is 0 Å². The molecular weight excluding hydrogens is 733 g/mol. The van der Waals surface area contributed by atoms with Gasteiger partial charge in [0.05, 0.1) is 35.9 Å². The first-order valence-corrected chi connectivity index (χ1v) is 21.1. The summed E-state index contributed by atoms with van der Waals surface area (Å²) in [7, 11) is 0. The van der Waals surface area contributed by atoms with Crippen molar-refractivity contribution in [2.45, 2.75) is 90.4 Å². The lowest BCUT2D eigenvalue weighted by molar-refractivity contribution is -0.139. The van der Waals surface area contributed by atoms with Crippen LogP contribution in [-0.2, 0) is 9.59 Å². The highest BCUT2D eigenvalue weighted by atomic mass is 16.2. The molecule has 4 fully saturated rings. The average molecular weight is 789 g/mol. The van der Waals surface area contributed by atoms with Gasteiger partial charge >= 0.3 is 12.1 Å². The lowest BCUT2D eigenvalue weighted by Crippen LogP contribution is -2.58. The number of nitrogens with one attached hydrogen (secondary N) is 4. The average Bonchev–Trinajstić information content (AvgIpc) is 4.06. The standard InChI is InChI=1S/C44H56N10O4/c1-27(2)37(53-23-7-19-45-43(53)57)41(55)51-21-5-9-35(51)39-47-25-33(49-39)31-15-11-29(12-16-31)30-13-17-32(18-14-30)34-26-48-40(50-34)36-10-6-22-52(36)42(56)38(28(3)4)54-24-8-20-46-44(54)58/h11-18,25-28,35-38H,5-10,19-24H2,1-4H3,(H,45,57)(H,46,58)(H,47,49)(H,48,50)/t35-,36?,37-,38-/m0/s1. The van der Waals surface area contributed by atoms with Crippen molar-refractivity contribution in [2.75, 3.05) is 39.3 Å². The molecule has 4 atom stereocenters. The normalized spacial score (nSPS) is 21.1. The number of hydrogen-bond acceptors (Lipinski definition) is 6. The van der Waals surface area contributed by atoms with Crippen LogP contribution in [0, 0.1) is 11.8 Å². The van der Waals surface area contributed by atoms with Crippen LogP contribution in [0.15, 0.2) is 60.9 Å². The van der Waals surface area contributed by atoms with Gasteiger partial charge < -0.3 is 40.2 Å². The Kier molecular flexibility index (Phi) is 11.3. The third-order valence-electron chi connectivity index (χ3n) is 12.3. The number of rotatable bonds is 11. The van der Waals surface area contributed by atoms with Crippen molar-refractivity contribution in [1.82, 2.24) is 50.2 Å². The predicted molar refractivity (Wildman–Crippen MR) is 221 cm³/mol. The van der Waals surface area contributed by atoms with E-state index in [-0.39, 0.29) is 47.8 Å². The van der Waals surface area contributed by atoms with Gasteiger partial charge in [0, 0.05) is 39.3 Å². The number of aromatic nitrogens is 4. The molecule has 58 heavy (non-hydrogen) atoms. The van der Waals surface area contributed by atoms with E-state index in [0.29, 0.717) is 39.3 Å². The molecule has 6 heterocycles. The molecule has 2 aromatic heterocycles. The van der Waals surface area contributed by atoms with Crippen molar-refractivity contribution >= 4 is 23.9 Å². The van der Waals surface area contributed by atoms with Crippen LogP contribution in [0.4, 0.5) is 9.59 Å². The number of hydrogen-bond donors (Lipinski definition) is 4. The number of carbonyl (C=O) groups is 4. The van der Waals surface area contributed by atoms with E-state index in [4.69, 9.17) is 9.97 Å². The highest BCUT2D eigenvalue weighted by Gasteiger charge is 2.43. The zero-order valence-electron chi connectivity index (χ0n) is 34.0. The maximum atomic E-state index is 14.0. The number of nitrogens with zero attached hydrogens (tertiary/aromatic N) is 6. The monoisotopic (exact) mass is 788 g/mol. The van der Waals surface area contributed by atoms with Crippen LogP contribution >= 0.6 is 0 Å². The zero-order chi connectivity index (χ0) is 40.5. The Bertz CT molecular complexity index is 1960. The summed E-state index contributed by atoms with van der Waals surface area (Å²) in [6, 6.07) is 15.1. The van der Waals surface area contributed by atoms with Crippen LogP contribution in [0.5, 0.6) is 0 Å². The fourth-order valence-corrected chi connectivity index (χ4v) is 9.34. The molecule has 4 N–H and O–H groups in total. The highest BCUT2D eigenvalue weighted by molar-refractivity contribution is 5.89. The molecule has 14 heteroatoms. The second-order valence-corrected chi connectivity index (χ2v) is 16.8. The molecule has 14 nitrogen and oxygen atoms in total. The van der Waals surface area contributed by atoms with Gasteiger partial charge in [-0.1, -0.05) is 76.2 Å². The van der Waals surface area contributed by atoms with Crippen molar-refractivity contribution in [3.05, 3.63) is 72.6 Å². The number of imidazole rings is 2. The minimum absolute atomic E-state index is 0.00925. The number of likely N-dealkylation sites (tertiary alicyclic amines) is 2. The first-order chi connectivity index (χ1) is 28.1. The van der Waals surface area contributed by atoms with Crippen LogP contribution in [0.2, 0.25) is 0 Å². The SMILES string of the molecule is CC(C)[C@@H](C(=O)N1CCCC1c1ncc(-c2ccc(-c3ccc(-c4cnc([C@@H]5CCCN5C(=O)[C@H](C(C)C)N5CCCNC5=O)[nH]4)cc3)cc2)[nH]1)N1CCCNC1=O. The summed E-state index contributed by atoms with van der Waals surface area (Å²) in [5, 5.41) is 5.81. The van der Waals surface area contributed by atoms with E-state index in [1.807, 2.05) is 49.9 Å². The molecule has 4 aromatic rings. The topological polar surface area (TPSA) is 163 Å². The number of benzene rings is 2. The lowest BCUT2D eigenvalue weighted by Gasteiger charge is -2.39. The Morgan fingerprint density at radius 2 is 0.948 bits per heavy atom. The number of aromatic amines is 2. The Balaban J connectivity index is 0.919. The second-order valence-electron chi connectivity index (χ2n) is 16.8. The summed E-state index contributed by atoms with van der Waals surface area (Å²) >= 11 is 0. The lowest BCUT2D eigenvalue weighted by atomic mass is 9.99. The van der Waals surface area contributed by atoms with Crippen molar-refractivity contribution in [2.24, 2.45) is 11.8 Å². The van der Waals surface area contributed by atoms with E-state index in [1.54, 1.807) is 9.80 Å². The van der Waals surface area contributed by atoms with Gasteiger partial charge in [0.2, 0.25) is 11.8 Å². The summed E-state index contributed by atoms with van der Waals surface area (Å²) < 4.78 is 0. The minimum Gasteiger partial charge on any atom is -0.340 e. The van der Waals surface area contributed by atoms with Crippen LogP contribution in [0.3, 0.4) is 0 Å². The molecule has 4 saturated heterocycles. The Morgan fingerprint density at radius 3 is 1.31 bits per heavy atom. The molecule has 0 aliphatic carbocycles. The molecule has 8 rings (SSSR count). The summed E-state index contributed by atoms with van der Waals surface area (Å²) in [6.45, 7) is 11.8. The molecular formula is C44H56N10O4. The van der Waals surface area contributed by atoms with E-state index >= 15 is 0 Å². The van der Waals surface area contributed by atoms with Crippen LogP contribution in [0.1, 0.15) is 90.0 Å². The highest BCUT2D eigenvalue weighted by Crippen LogP contribution is 2.36. The van der Waals surface area contributed by atoms with Crippen molar-refractivity contribution in [1.29, 1.82) is 0 Å². The van der Waals surface area contributed by atoms with Gasteiger partial charge in [0.1, 0.15) is 23.7 Å². The van der Waals surface area contributed by atoms with Gasteiger partial charge in [-0.2, -0.15) is 0 Å². The quantitative estimate of drug-likeness (QED) is 0.139. The maximum absolute atomic E-state index is 14.0. The van der Waals surface area contributed by atoms with Crippen molar-refractivity contribution < 1.29 is 19.2 Å². The number of amides is 6. The van der Waals surface area contributed by atoms with Crippen LogP contribution in [-0.4, -0.2) is 115 Å². The Labute approximate surface area is 340 Å². The van der Waals surface area contributed by atoms with E-state index in [2.05, 4.69) is 69.1 Å². The summed E-state index contributed by atoms with van der Waals surface area (Å²) in [5.41, 5.74) is 5.95. The van der Waals surface area contributed by atoms with Gasteiger partial charge in [0.25, 0.3) is 0 Å². The van der Waals surface area contributed by atoms with Gasteiger partial charge in [-0.05, 0) is 72.6 Å². The van der Waals surface area contributed by atoms with E-state index < -0.39 is 12.1 Å². The number of urea groups is 2. The number of carbonyl (C=O) groups excluding carboxylic acids is 4.